The Labute approximate surface area is 154 Å². The summed E-state index contributed by atoms with van der Waals surface area (Å²) in [4.78, 5) is 16.1. The highest BCUT2D eigenvalue weighted by molar-refractivity contribution is 6.04. The Morgan fingerprint density at radius 1 is 0.889 bits per heavy atom. The fourth-order valence-corrected chi connectivity index (χ4v) is 2.40. The first-order chi connectivity index (χ1) is 13.3. The Morgan fingerprint density at radius 3 is 2.41 bits per heavy atom. The highest BCUT2D eigenvalue weighted by Gasteiger charge is 2.06. The number of rotatable bonds is 5. The van der Waals surface area contributed by atoms with E-state index in [0.29, 0.717) is 22.9 Å². The van der Waals surface area contributed by atoms with E-state index in [2.05, 4.69) is 30.9 Å². The first-order valence-corrected chi connectivity index (χ1v) is 8.20. The van der Waals surface area contributed by atoms with Crippen LogP contribution in [-0.4, -0.2) is 30.9 Å². The van der Waals surface area contributed by atoms with Gasteiger partial charge in [0.25, 0.3) is 5.91 Å². The average Bonchev–Trinajstić information content (AvgIpc) is 3.26. The van der Waals surface area contributed by atoms with Gasteiger partial charge in [0.05, 0.1) is 5.56 Å². The van der Waals surface area contributed by atoms with Crippen molar-refractivity contribution in [3.05, 3.63) is 84.9 Å². The predicted molar refractivity (Wildman–Crippen MR) is 101 cm³/mol. The maximum atomic E-state index is 12.1. The number of hydrogen-bond acceptors (Lipinski definition) is 6. The second-order valence-corrected chi connectivity index (χ2v) is 5.63. The number of anilines is 3. The third-order valence-corrected chi connectivity index (χ3v) is 3.73. The van der Waals surface area contributed by atoms with Crippen molar-refractivity contribution < 1.29 is 4.79 Å². The van der Waals surface area contributed by atoms with E-state index in [1.807, 2.05) is 42.5 Å². The Hall–Kier alpha value is -4.07. The second-order valence-electron chi connectivity index (χ2n) is 5.63. The quantitative estimate of drug-likeness (QED) is 0.570. The van der Waals surface area contributed by atoms with Crippen molar-refractivity contribution in [3.8, 4) is 5.82 Å². The molecule has 8 nitrogen and oxygen atoms in total. The molecular formula is C19H15N7O. The minimum absolute atomic E-state index is 0.205. The van der Waals surface area contributed by atoms with E-state index in [9.17, 15) is 4.79 Å². The van der Waals surface area contributed by atoms with E-state index >= 15 is 0 Å². The SMILES string of the molecule is O=C(Nc1ccc(Nc2ccc(-n3cccn3)nn2)cc1)c1cccnc1. The van der Waals surface area contributed by atoms with Crippen molar-refractivity contribution in [1.82, 2.24) is 25.0 Å². The van der Waals surface area contributed by atoms with E-state index in [4.69, 9.17) is 0 Å². The molecule has 4 aromatic rings. The molecule has 0 fully saturated rings. The Morgan fingerprint density at radius 2 is 1.74 bits per heavy atom. The fourth-order valence-electron chi connectivity index (χ4n) is 2.40. The number of hydrogen-bond donors (Lipinski definition) is 2. The maximum Gasteiger partial charge on any atom is 0.257 e. The smallest absolute Gasteiger partial charge is 0.257 e. The van der Waals surface area contributed by atoms with Crippen LogP contribution in [0, 0.1) is 0 Å². The number of nitrogens with zero attached hydrogens (tertiary/aromatic N) is 5. The molecule has 0 spiro atoms. The van der Waals surface area contributed by atoms with Gasteiger partial charge in [0, 0.05) is 36.2 Å². The van der Waals surface area contributed by atoms with E-state index < -0.39 is 0 Å². The molecule has 3 aromatic heterocycles. The second kappa shape index (κ2) is 7.44. The zero-order valence-corrected chi connectivity index (χ0v) is 14.1. The summed E-state index contributed by atoms with van der Waals surface area (Å²) in [6.45, 7) is 0. The summed E-state index contributed by atoms with van der Waals surface area (Å²) in [5, 5.41) is 18.4. The van der Waals surface area contributed by atoms with Crippen LogP contribution in [0.15, 0.2) is 79.4 Å². The molecule has 0 bridgehead atoms. The summed E-state index contributed by atoms with van der Waals surface area (Å²) in [6, 6.07) is 16.2. The van der Waals surface area contributed by atoms with Gasteiger partial charge in [0.2, 0.25) is 0 Å². The van der Waals surface area contributed by atoms with Gasteiger partial charge in [-0.1, -0.05) is 0 Å². The van der Waals surface area contributed by atoms with Crippen LogP contribution in [-0.2, 0) is 0 Å². The van der Waals surface area contributed by atoms with Gasteiger partial charge < -0.3 is 10.6 Å². The molecule has 0 unspecified atom stereocenters. The van der Waals surface area contributed by atoms with E-state index in [1.54, 1.807) is 35.4 Å². The van der Waals surface area contributed by atoms with Crippen LogP contribution >= 0.6 is 0 Å². The molecule has 0 atom stereocenters. The van der Waals surface area contributed by atoms with Gasteiger partial charge >= 0.3 is 0 Å². The molecular weight excluding hydrogens is 342 g/mol. The van der Waals surface area contributed by atoms with Crippen LogP contribution in [0.3, 0.4) is 0 Å². The first kappa shape index (κ1) is 16.4. The number of carbonyl (C=O) groups excluding carboxylic acids is 1. The van der Waals surface area contributed by atoms with Crippen molar-refractivity contribution >= 4 is 23.1 Å². The Balaban J connectivity index is 1.40. The molecule has 0 radical (unpaired) electrons. The lowest BCUT2D eigenvalue weighted by Gasteiger charge is -2.08. The minimum Gasteiger partial charge on any atom is -0.339 e. The number of aromatic nitrogens is 5. The summed E-state index contributed by atoms with van der Waals surface area (Å²) in [6.07, 6.45) is 6.64. The Bertz CT molecular complexity index is 1010. The van der Waals surface area contributed by atoms with Crippen LogP contribution in [0.4, 0.5) is 17.2 Å². The van der Waals surface area contributed by atoms with Crippen LogP contribution in [0.25, 0.3) is 5.82 Å². The van der Waals surface area contributed by atoms with Gasteiger partial charge in [0.15, 0.2) is 11.6 Å². The summed E-state index contributed by atoms with van der Waals surface area (Å²) in [5.41, 5.74) is 2.03. The lowest BCUT2D eigenvalue weighted by molar-refractivity contribution is 0.102. The minimum atomic E-state index is -0.205. The van der Waals surface area contributed by atoms with Crippen molar-refractivity contribution in [2.75, 3.05) is 10.6 Å². The molecule has 8 heteroatoms. The summed E-state index contributed by atoms with van der Waals surface area (Å²) in [5.74, 6) is 1.04. The standard InChI is InChI=1S/C19H15N7O/c27-19(14-3-1-10-20-13-14)23-16-6-4-15(5-7-16)22-17-8-9-18(25-24-17)26-12-2-11-21-26/h1-13H,(H,22,24)(H,23,27). The highest BCUT2D eigenvalue weighted by Crippen LogP contribution is 2.18. The summed E-state index contributed by atoms with van der Waals surface area (Å²) >= 11 is 0. The van der Waals surface area contributed by atoms with Crippen LogP contribution in [0.5, 0.6) is 0 Å². The van der Waals surface area contributed by atoms with Crippen LogP contribution < -0.4 is 10.6 Å². The zero-order valence-electron chi connectivity index (χ0n) is 14.1. The third kappa shape index (κ3) is 3.96. The number of pyridine rings is 1. The fraction of sp³-hybridized carbons (Fsp3) is 0. The predicted octanol–water partition coefficient (Wildman–Crippen LogP) is 3.05. The van der Waals surface area contributed by atoms with E-state index in [-0.39, 0.29) is 5.91 Å². The first-order valence-electron chi connectivity index (χ1n) is 8.20. The largest absolute Gasteiger partial charge is 0.339 e. The molecule has 4 rings (SSSR count). The molecule has 0 saturated carbocycles. The van der Waals surface area contributed by atoms with Gasteiger partial charge in [-0.15, -0.1) is 10.2 Å². The van der Waals surface area contributed by atoms with Crippen LogP contribution in [0.1, 0.15) is 10.4 Å². The third-order valence-electron chi connectivity index (χ3n) is 3.73. The van der Waals surface area contributed by atoms with Gasteiger partial charge in [0.1, 0.15) is 0 Å². The molecule has 2 N–H and O–H groups in total. The lowest BCUT2D eigenvalue weighted by atomic mass is 10.2. The highest BCUT2D eigenvalue weighted by atomic mass is 16.1. The normalized spacial score (nSPS) is 10.4. The van der Waals surface area contributed by atoms with E-state index in [0.717, 1.165) is 5.69 Å². The van der Waals surface area contributed by atoms with Crippen molar-refractivity contribution in [2.45, 2.75) is 0 Å². The van der Waals surface area contributed by atoms with Gasteiger partial charge in [-0.25, -0.2) is 4.68 Å². The van der Waals surface area contributed by atoms with Gasteiger partial charge in [-0.05, 0) is 54.6 Å². The summed E-state index contributed by atoms with van der Waals surface area (Å²) in [7, 11) is 0. The molecule has 0 aliphatic rings. The van der Waals surface area contributed by atoms with Gasteiger partial charge in [-0.3, -0.25) is 9.78 Å². The number of amides is 1. The van der Waals surface area contributed by atoms with Gasteiger partial charge in [-0.2, -0.15) is 5.10 Å². The Kier molecular flexibility index (Phi) is 4.52. The van der Waals surface area contributed by atoms with E-state index in [1.165, 1.54) is 6.20 Å². The monoisotopic (exact) mass is 357 g/mol. The molecule has 0 saturated heterocycles. The molecule has 1 aromatic carbocycles. The lowest BCUT2D eigenvalue weighted by Crippen LogP contribution is -2.11. The average molecular weight is 357 g/mol. The summed E-state index contributed by atoms with van der Waals surface area (Å²) < 4.78 is 1.64. The zero-order chi connectivity index (χ0) is 18.5. The van der Waals surface area contributed by atoms with Crippen molar-refractivity contribution in [3.63, 3.8) is 0 Å². The molecule has 3 heterocycles. The molecule has 1 amide bonds. The molecule has 0 aliphatic carbocycles. The van der Waals surface area contributed by atoms with Crippen molar-refractivity contribution in [1.29, 1.82) is 0 Å². The maximum absolute atomic E-state index is 12.1. The number of carbonyl (C=O) groups is 1. The molecule has 27 heavy (non-hydrogen) atoms. The van der Waals surface area contributed by atoms with Crippen molar-refractivity contribution in [2.24, 2.45) is 0 Å². The number of benzene rings is 1. The van der Waals surface area contributed by atoms with Crippen LogP contribution in [0.2, 0.25) is 0 Å². The molecule has 132 valence electrons. The topological polar surface area (TPSA) is 97.6 Å². The number of nitrogens with one attached hydrogen (secondary N) is 2. The molecule has 0 aliphatic heterocycles.